The topological polar surface area (TPSA) is 32.3 Å². The second kappa shape index (κ2) is 6.42. The fraction of sp³-hybridized carbons (Fsp3) is 0.368. The fourth-order valence-electron chi connectivity index (χ4n) is 3.09. The van der Waals surface area contributed by atoms with Gasteiger partial charge < -0.3 is 10.4 Å². The highest BCUT2D eigenvalue weighted by Gasteiger charge is 2.31. The van der Waals surface area contributed by atoms with Gasteiger partial charge in [0.15, 0.2) is 0 Å². The SMILES string of the molecule is Cc1ccc(C2CC(N[C@@H](CO)c3ccccc3)C2)cc1. The standard InChI is InChI=1S/C19H23NO/c1-14-7-9-15(10-8-14)17-11-18(12-17)20-19(13-21)16-5-3-2-4-6-16/h2-10,17-21H,11-13H2,1H3/t17?,18?,19-/m0/s1. The molecule has 2 aromatic rings. The molecule has 2 aromatic carbocycles. The average molecular weight is 281 g/mol. The van der Waals surface area contributed by atoms with Crippen LogP contribution in [0.2, 0.25) is 0 Å². The highest BCUT2D eigenvalue weighted by Crippen LogP contribution is 2.37. The van der Waals surface area contributed by atoms with Crippen LogP contribution in [-0.2, 0) is 0 Å². The van der Waals surface area contributed by atoms with Crippen LogP contribution in [0.1, 0.15) is 41.5 Å². The minimum absolute atomic E-state index is 0.0511. The van der Waals surface area contributed by atoms with Crippen LogP contribution in [0.15, 0.2) is 54.6 Å². The molecule has 0 radical (unpaired) electrons. The smallest absolute Gasteiger partial charge is 0.0626 e. The molecule has 1 fully saturated rings. The molecule has 1 saturated carbocycles. The number of aliphatic hydroxyl groups is 1. The van der Waals surface area contributed by atoms with Gasteiger partial charge in [0.1, 0.15) is 0 Å². The van der Waals surface area contributed by atoms with E-state index in [4.69, 9.17) is 0 Å². The lowest BCUT2D eigenvalue weighted by molar-refractivity contribution is 0.197. The van der Waals surface area contributed by atoms with Crippen molar-refractivity contribution in [2.45, 2.75) is 37.8 Å². The van der Waals surface area contributed by atoms with Crippen LogP contribution in [0.3, 0.4) is 0 Å². The molecule has 0 bridgehead atoms. The van der Waals surface area contributed by atoms with E-state index in [1.54, 1.807) is 0 Å². The molecule has 1 aliphatic rings. The van der Waals surface area contributed by atoms with Crippen molar-refractivity contribution < 1.29 is 5.11 Å². The first-order chi connectivity index (χ1) is 10.3. The van der Waals surface area contributed by atoms with Gasteiger partial charge in [0.2, 0.25) is 0 Å². The number of aryl methyl sites for hydroxylation is 1. The number of nitrogens with one attached hydrogen (secondary N) is 1. The first-order valence-electron chi connectivity index (χ1n) is 7.74. The summed E-state index contributed by atoms with van der Waals surface area (Å²) in [6.45, 7) is 2.27. The van der Waals surface area contributed by atoms with Crippen LogP contribution >= 0.6 is 0 Å². The molecule has 0 saturated heterocycles. The van der Waals surface area contributed by atoms with Crippen LogP contribution in [0.4, 0.5) is 0 Å². The van der Waals surface area contributed by atoms with Crippen LogP contribution in [0, 0.1) is 6.92 Å². The Bertz CT molecular complexity index is 558. The van der Waals surface area contributed by atoms with Crippen LogP contribution in [0.5, 0.6) is 0 Å². The van der Waals surface area contributed by atoms with Gasteiger partial charge in [-0.3, -0.25) is 0 Å². The molecule has 1 aliphatic carbocycles. The zero-order valence-corrected chi connectivity index (χ0v) is 12.5. The zero-order valence-electron chi connectivity index (χ0n) is 12.5. The third-order valence-electron chi connectivity index (χ3n) is 4.51. The lowest BCUT2D eigenvalue weighted by atomic mass is 9.75. The molecule has 0 amide bonds. The molecule has 21 heavy (non-hydrogen) atoms. The summed E-state index contributed by atoms with van der Waals surface area (Å²) in [4.78, 5) is 0. The van der Waals surface area contributed by atoms with E-state index >= 15 is 0 Å². The normalized spacial score (nSPS) is 22.6. The number of aliphatic hydroxyl groups excluding tert-OH is 1. The van der Waals surface area contributed by atoms with E-state index in [2.05, 4.69) is 48.6 Å². The van der Waals surface area contributed by atoms with Crippen molar-refractivity contribution in [1.82, 2.24) is 5.32 Å². The first-order valence-corrected chi connectivity index (χ1v) is 7.74. The molecule has 0 heterocycles. The minimum atomic E-state index is 0.0511. The third-order valence-corrected chi connectivity index (χ3v) is 4.51. The van der Waals surface area contributed by atoms with Gasteiger partial charge in [-0.05, 0) is 36.8 Å². The lowest BCUT2D eigenvalue weighted by Crippen LogP contribution is -2.43. The van der Waals surface area contributed by atoms with E-state index in [0.29, 0.717) is 12.0 Å². The van der Waals surface area contributed by atoms with Gasteiger partial charge in [-0.15, -0.1) is 0 Å². The van der Waals surface area contributed by atoms with Gasteiger partial charge in [-0.1, -0.05) is 60.2 Å². The number of hydrogen-bond acceptors (Lipinski definition) is 2. The molecule has 110 valence electrons. The summed E-state index contributed by atoms with van der Waals surface area (Å²) in [5.74, 6) is 0.665. The molecule has 2 heteroatoms. The van der Waals surface area contributed by atoms with Crippen molar-refractivity contribution in [3.63, 3.8) is 0 Å². The zero-order chi connectivity index (χ0) is 14.7. The average Bonchev–Trinajstić information content (AvgIpc) is 2.49. The van der Waals surface area contributed by atoms with Crippen molar-refractivity contribution in [2.75, 3.05) is 6.61 Å². The molecular formula is C19H23NO. The van der Waals surface area contributed by atoms with Crippen LogP contribution in [-0.4, -0.2) is 17.8 Å². The Morgan fingerprint density at radius 2 is 1.71 bits per heavy atom. The quantitative estimate of drug-likeness (QED) is 0.878. The van der Waals surface area contributed by atoms with Gasteiger partial charge >= 0.3 is 0 Å². The summed E-state index contributed by atoms with van der Waals surface area (Å²) < 4.78 is 0. The fourth-order valence-corrected chi connectivity index (χ4v) is 3.09. The van der Waals surface area contributed by atoms with Crippen molar-refractivity contribution in [2.24, 2.45) is 0 Å². The Morgan fingerprint density at radius 3 is 2.33 bits per heavy atom. The molecular weight excluding hydrogens is 258 g/mol. The number of hydrogen-bond donors (Lipinski definition) is 2. The molecule has 0 spiro atoms. The minimum Gasteiger partial charge on any atom is -0.394 e. The van der Waals surface area contributed by atoms with Gasteiger partial charge in [0.05, 0.1) is 12.6 Å². The predicted molar refractivity (Wildman–Crippen MR) is 86.3 cm³/mol. The summed E-state index contributed by atoms with van der Waals surface area (Å²) in [6.07, 6.45) is 2.32. The van der Waals surface area contributed by atoms with Gasteiger partial charge in [-0.2, -0.15) is 0 Å². The van der Waals surface area contributed by atoms with E-state index in [-0.39, 0.29) is 12.6 Å². The molecule has 2 nitrogen and oxygen atoms in total. The van der Waals surface area contributed by atoms with Crippen LogP contribution < -0.4 is 5.32 Å². The Hall–Kier alpha value is -1.64. The number of rotatable bonds is 5. The maximum absolute atomic E-state index is 9.60. The maximum Gasteiger partial charge on any atom is 0.0626 e. The summed E-state index contributed by atoms with van der Waals surface area (Å²) >= 11 is 0. The van der Waals surface area contributed by atoms with Crippen molar-refractivity contribution >= 4 is 0 Å². The summed E-state index contributed by atoms with van der Waals surface area (Å²) in [5, 5.41) is 13.2. The summed E-state index contributed by atoms with van der Waals surface area (Å²) in [7, 11) is 0. The van der Waals surface area contributed by atoms with Crippen LogP contribution in [0.25, 0.3) is 0 Å². The molecule has 0 aliphatic heterocycles. The monoisotopic (exact) mass is 281 g/mol. The Balaban J connectivity index is 1.55. The largest absolute Gasteiger partial charge is 0.394 e. The summed E-state index contributed by atoms with van der Waals surface area (Å²) in [6, 6.07) is 19.6. The highest BCUT2D eigenvalue weighted by molar-refractivity contribution is 5.27. The Morgan fingerprint density at radius 1 is 1.05 bits per heavy atom. The molecule has 3 rings (SSSR count). The second-order valence-electron chi connectivity index (χ2n) is 6.09. The molecule has 0 aromatic heterocycles. The number of benzene rings is 2. The van der Waals surface area contributed by atoms with Crippen molar-refractivity contribution in [1.29, 1.82) is 0 Å². The van der Waals surface area contributed by atoms with Gasteiger partial charge in [0.25, 0.3) is 0 Å². The lowest BCUT2D eigenvalue weighted by Gasteiger charge is -2.38. The van der Waals surface area contributed by atoms with Crippen molar-refractivity contribution in [3.05, 3.63) is 71.3 Å². The maximum atomic E-state index is 9.60. The van der Waals surface area contributed by atoms with E-state index in [1.807, 2.05) is 18.2 Å². The van der Waals surface area contributed by atoms with Crippen molar-refractivity contribution in [3.8, 4) is 0 Å². The third kappa shape index (κ3) is 3.34. The van der Waals surface area contributed by atoms with E-state index < -0.39 is 0 Å². The highest BCUT2D eigenvalue weighted by atomic mass is 16.3. The molecule has 1 atom stereocenters. The molecule has 0 unspecified atom stereocenters. The molecule has 2 N–H and O–H groups in total. The Kier molecular flexibility index (Phi) is 4.37. The predicted octanol–water partition coefficient (Wildman–Crippen LogP) is 3.56. The van der Waals surface area contributed by atoms with E-state index in [1.165, 1.54) is 16.7 Å². The summed E-state index contributed by atoms with van der Waals surface area (Å²) in [5.41, 5.74) is 3.93. The second-order valence-corrected chi connectivity index (χ2v) is 6.09. The van der Waals surface area contributed by atoms with Gasteiger partial charge in [-0.25, -0.2) is 0 Å². The first kappa shape index (κ1) is 14.3. The van der Waals surface area contributed by atoms with E-state index in [0.717, 1.165) is 12.8 Å². The Labute approximate surface area is 126 Å². The van der Waals surface area contributed by atoms with Gasteiger partial charge in [0, 0.05) is 6.04 Å². The van der Waals surface area contributed by atoms with E-state index in [9.17, 15) is 5.11 Å².